The fraction of sp³-hybridized carbons (Fsp3) is 0.364. The summed E-state index contributed by atoms with van der Waals surface area (Å²) in [5.74, 6) is 0.224. The van der Waals surface area contributed by atoms with E-state index in [1.807, 2.05) is 0 Å². The summed E-state index contributed by atoms with van der Waals surface area (Å²) in [6.07, 6.45) is 1.14. The third-order valence-corrected chi connectivity index (χ3v) is 3.83. The summed E-state index contributed by atoms with van der Waals surface area (Å²) in [5.41, 5.74) is 7.32. The highest BCUT2D eigenvalue weighted by atomic mass is 32.1. The summed E-state index contributed by atoms with van der Waals surface area (Å²) in [7, 11) is 0. The average molecular weight is 235 g/mol. The highest BCUT2D eigenvalue weighted by molar-refractivity contribution is 7.22. The van der Waals surface area contributed by atoms with Gasteiger partial charge in [-0.15, -0.1) is 0 Å². The maximum atomic E-state index is 9.86. The van der Waals surface area contributed by atoms with Gasteiger partial charge in [-0.05, 0) is 12.5 Å². The quantitative estimate of drug-likeness (QED) is 0.783. The molecule has 16 heavy (non-hydrogen) atoms. The lowest BCUT2D eigenvalue weighted by molar-refractivity contribution is 0.480. The summed E-state index contributed by atoms with van der Waals surface area (Å²) >= 11 is 1.41. The lowest BCUT2D eigenvalue weighted by atomic mass is 10.2. The lowest BCUT2D eigenvalue weighted by Gasteiger charge is -2.05. The van der Waals surface area contributed by atoms with Crippen LogP contribution in [0.5, 0.6) is 5.75 Å². The van der Waals surface area contributed by atoms with Crippen LogP contribution in [0.3, 0.4) is 0 Å². The fourth-order valence-corrected chi connectivity index (χ4v) is 2.82. The zero-order valence-corrected chi connectivity index (χ0v) is 9.79. The Balaban J connectivity index is 2.07. The molecule has 1 aliphatic heterocycles. The number of phenolic OH excluding ortho intramolecular Hbond substituents is 1. The molecule has 1 fully saturated rings. The fourth-order valence-electron chi connectivity index (χ4n) is 2.03. The van der Waals surface area contributed by atoms with Crippen LogP contribution in [0.4, 0.5) is 10.8 Å². The van der Waals surface area contributed by atoms with Crippen LogP contribution in [-0.4, -0.2) is 22.7 Å². The number of aromatic nitrogens is 1. The minimum atomic E-state index is 0.224. The summed E-state index contributed by atoms with van der Waals surface area (Å²) in [5, 5.41) is 10.4. The summed E-state index contributed by atoms with van der Waals surface area (Å²) < 4.78 is 0.953. The van der Waals surface area contributed by atoms with Gasteiger partial charge in [0.2, 0.25) is 0 Å². The van der Waals surface area contributed by atoms with E-state index in [9.17, 15) is 5.11 Å². The Bertz CT molecular complexity index is 551. The number of benzene rings is 1. The van der Waals surface area contributed by atoms with E-state index in [1.54, 1.807) is 6.07 Å². The Hall–Kier alpha value is -1.49. The van der Waals surface area contributed by atoms with Crippen LogP contribution in [0.25, 0.3) is 10.2 Å². The second-order valence-corrected chi connectivity index (χ2v) is 5.14. The van der Waals surface area contributed by atoms with Crippen molar-refractivity contribution in [3.63, 3.8) is 0 Å². The van der Waals surface area contributed by atoms with Gasteiger partial charge in [0.1, 0.15) is 11.3 Å². The lowest BCUT2D eigenvalue weighted by Crippen LogP contribution is -1.96. The van der Waals surface area contributed by atoms with E-state index in [4.69, 9.17) is 5.73 Å². The second-order valence-electron chi connectivity index (χ2n) is 4.08. The number of nitrogens with two attached hydrogens (primary N) is 1. The number of hydrogen-bond acceptors (Lipinski definition) is 5. The van der Waals surface area contributed by atoms with Crippen molar-refractivity contribution in [2.24, 2.45) is 0 Å². The van der Waals surface area contributed by atoms with E-state index in [1.165, 1.54) is 11.3 Å². The van der Waals surface area contributed by atoms with Crippen molar-refractivity contribution in [1.29, 1.82) is 0 Å². The van der Waals surface area contributed by atoms with E-state index >= 15 is 0 Å². The SMILES string of the molecule is CCC1CN1c1cc(O)c2nc(N)sc2c1. The number of anilines is 2. The smallest absolute Gasteiger partial charge is 0.181 e. The molecule has 1 saturated heterocycles. The predicted molar refractivity (Wildman–Crippen MR) is 67.1 cm³/mol. The number of fused-ring (bicyclic) bond motifs is 1. The van der Waals surface area contributed by atoms with Crippen LogP contribution in [0.2, 0.25) is 0 Å². The van der Waals surface area contributed by atoms with Crippen molar-refractivity contribution in [3.05, 3.63) is 12.1 Å². The highest BCUT2D eigenvalue weighted by Gasteiger charge is 2.32. The monoisotopic (exact) mass is 235 g/mol. The van der Waals surface area contributed by atoms with Crippen molar-refractivity contribution >= 4 is 32.4 Å². The molecule has 0 spiro atoms. The van der Waals surface area contributed by atoms with Crippen LogP contribution in [0.15, 0.2) is 12.1 Å². The molecule has 84 valence electrons. The predicted octanol–water partition coefficient (Wildman–Crippen LogP) is 2.18. The van der Waals surface area contributed by atoms with Crippen LogP contribution >= 0.6 is 11.3 Å². The molecule has 1 unspecified atom stereocenters. The molecule has 0 amide bonds. The number of nitrogen functional groups attached to an aromatic ring is 1. The molecule has 2 heterocycles. The first-order valence-electron chi connectivity index (χ1n) is 5.34. The Morgan fingerprint density at radius 2 is 2.44 bits per heavy atom. The Labute approximate surface area is 97.3 Å². The molecule has 1 aliphatic rings. The second kappa shape index (κ2) is 3.25. The van der Waals surface area contributed by atoms with Gasteiger partial charge in [0.15, 0.2) is 5.13 Å². The molecule has 1 aromatic heterocycles. The molecule has 4 nitrogen and oxygen atoms in total. The van der Waals surface area contributed by atoms with E-state index in [0.717, 1.165) is 23.4 Å². The Kier molecular flexibility index (Phi) is 1.97. The zero-order chi connectivity index (χ0) is 11.3. The zero-order valence-electron chi connectivity index (χ0n) is 8.97. The molecule has 1 atom stereocenters. The third-order valence-electron chi connectivity index (χ3n) is 2.99. The molecule has 0 radical (unpaired) electrons. The van der Waals surface area contributed by atoms with Crippen LogP contribution in [0, 0.1) is 0 Å². The van der Waals surface area contributed by atoms with Gasteiger partial charge < -0.3 is 15.7 Å². The first-order valence-corrected chi connectivity index (χ1v) is 6.16. The van der Waals surface area contributed by atoms with Gasteiger partial charge in [-0.3, -0.25) is 0 Å². The number of aromatic hydroxyl groups is 1. The van der Waals surface area contributed by atoms with Crippen LogP contribution < -0.4 is 10.6 Å². The van der Waals surface area contributed by atoms with Gasteiger partial charge in [0.05, 0.1) is 4.70 Å². The minimum Gasteiger partial charge on any atom is -0.506 e. The van der Waals surface area contributed by atoms with E-state index in [0.29, 0.717) is 16.7 Å². The first-order chi connectivity index (χ1) is 7.69. The van der Waals surface area contributed by atoms with Crippen molar-refractivity contribution < 1.29 is 5.11 Å². The van der Waals surface area contributed by atoms with E-state index < -0.39 is 0 Å². The molecule has 0 aliphatic carbocycles. The largest absolute Gasteiger partial charge is 0.506 e. The van der Waals surface area contributed by atoms with Crippen molar-refractivity contribution in [2.45, 2.75) is 19.4 Å². The summed E-state index contributed by atoms with van der Waals surface area (Å²) in [6.45, 7) is 3.25. The topological polar surface area (TPSA) is 62.2 Å². The van der Waals surface area contributed by atoms with Crippen LogP contribution in [-0.2, 0) is 0 Å². The molecule has 2 aromatic rings. The minimum absolute atomic E-state index is 0.224. The molecule has 0 bridgehead atoms. The van der Waals surface area contributed by atoms with Gasteiger partial charge in [0, 0.05) is 24.3 Å². The van der Waals surface area contributed by atoms with Crippen molar-refractivity contribution in [1.82, 2.24) is 4.98 Å². The molecule has 1 aromatic carbocycles. The first kappa shape index (κ1) is 9.72. The molecule has 5 heteroatoms. The van der Waals surface area contributed by atoms with Gasteiger partial charge in [-0.2, -0.15) is 0 Å². The molecule has 3 N–H and O–H groups in total. The van der Waals surface area contributed by atoms with Gasteiger partial charge >= 0.3 is 0 Å². The van der Waals surface area contributed by atoms with E-state index in [-0.39, 0.29) is 5.75 Å². The highest BCUT2D eigenvalue weighted by Crippen LogP contribution is 2.38. The molecule has 0 saturated carbocycles. The number of rotatable bonds is 2. The van der Waals surface area contributed by atoms with E-state index in [2.05, 4.69) is 22.9 Å². The van der Waals surface area contributed by atoms with Gasteiger partial charge in [-0.25, -0.2) is 4.98 Å². The van der Waals surface area contributed by atoms with Crippen molar-refractivity contribution in [3.8, 4) is 5.75 Å². The number of nitrogens with zero attached hydrogens (tertiary/aromatic N) is 2. The number of thiazole rings is 1. The molecular weight excluding hydrogens is 222 g/mol. The maximum Gasteiger partial charge on any atom is 0.181 e. The van der Waals surface area contributed by atoms with Crippen molar-refractivity contribution in [2.75, 3.05) is 17.2 Å². The normalized spacial score (nSPS) is 19.3. The average Bonchev–Trinajstić information content (AvgIpc) is 2.94. The Morgan fingerprint density at radius 1 is 1.62 bits per heavy atom. The van der Waals surface area contributed by atoms with Gasteiger partial charge in [0.25, 0.3) is 0 Å². The van der Waals surface area contributed by atoms with Crippen LogP contribution in [0.1, 0.15) is 13.3 Å². The Morgan fingerprint density at radius 3 is 3.12 bits per heavy atom. The molecule has 3 rings (SSSR count). The summed E-state index contributed by atoms with van der Waals surface area (Å²) in [4.78, 5) is 6.37. The number of hydrogen-bond donors (Lipinski definition) is 2. The maximum absolute atomic E-state index is 9.86. The van der Waals surface area contributed by atoms with Gasteiger partial charge in [-0.1, -0.05) is 18.3 Å². The number of phenols is 1. The molecular formula is C11H13N3OS. The summed E-state index contributed by atoms with van der Waals surface area (Å²) in [6, 6.07) is 4.46. The standard InChI is InChI=1S/C11H13N3OS/c1-2-6-5-14(6)7-3-8(15)10-9(4-7)16-11(12)13-10/h3-4,6,15H,2,5H2,1H3,(H2,12,13). The third kappa shape index (κ3) is 1.39.